The first-order valence-corrected chi connectivity index (χ1v) is 9.22. The molecule has 28 heavy (non-hydrogen) atoms. The highest BCUT2D eigenvalue weighted by Crippen LogP contribution is 2.21. The number of amides is 1. The molecule has 5 heteroatoms. The van der Waals surface area contributed by atoms with Gasteiger partial charge in [0.2, 0.25) is 0 Å². The Balaban J connectivity index is 1.67. The lowest BCUT2D eigenvalue weighted by atomic mass is 10.1. The maximum Gasteiger partial charge on any atom is 0.264 e. The first-order valence-electron chi connectivity index (χ1n) is 9.22. The van der Waals surface area contributed by atoms with Crippen molar-refractivity contribution in [3.63, 3.8) is 0 Å². The SMILES string of the molecule is CC(=C\c1ccccc1)/C=C(\C#N)C(=O)N1CCN(c2ccccc2F)CC1. The molecule has 0 aromatic heterocycles. The van der Waals surface area contributed by atoms with Crippen molar-refractivity contribution < 1.29 is 9.18 Å². The van der Waals surface area contributed by atoms with Crippen LogP contribution in [-0.2, 0) is 4.79 Å². The van der Waals surface area contributed by atoms with Crippen LogP contribution in [0.2, 0.25) is 0 Å². The van der Waals surface area contributed by atoms with E-state index in [9.17, 15) is 14.4 Å². The van der Waals surface area contributed by atoms with Gasteiger partial charge in [-0.2, -0.15) is 5.26 Å². The monoisotopic (exact) mass is 375 g/mol. The van der Waals surface area contributed by atoms with Gasteiger partial charge < -0.3 is 9.80 Å². The van der Waals surface area contributed by atoms with Crippen molar-refractivity contribution in [2.75, 3.05) is 31.1 Å². The van der Waals surface area contributed by atoms with E-state index in [4.69, 9.17) is 0 Å². The zero-order valence-electron chi connectivity index (χ0n) is 15.8. The first-order chi connectivity index (χ1) is 13.6. The molecule has 0 atom stereocenters. The van der Waals surface area contributed by atoms with Crippen molar-refractivity contribution >= 4 is 17.7 Å². The van der Waals surface area contributed by atoms with Crippen LogP contribution in [0.1, 0.15) is 12.5 Å². The maximum atomic E-state index is 14.0. The molecule has 1 amide bonds. The number of carbonyl (C=O) groups excluding carboxylic acids is 1. The zero-order valence-corrected chi connectivity index (χ0v) is 15.8. The third-order valence-corrected chi connectivity index (χ3v) is 4.68. The molecule has 0 aliphatic carbocycles. The molecule has 1 fully saturated rings. The van der Waals surface area contributed by atoms with E-state index in [0.29, 0.717) is 31.9 Å². The van der Waals surface area contributed by atoms with Gasteiger partial charge in [0.05, 0.1) is 5.69 Å². The summed E-state index contributed by atoms with van der Waals surface area (Å²) in [6.45, 7) is 3.84. The van der Waals surface area contributed by atoms with Crippen LogP contribution in [0.25, 0.3) is 6.08 Å². The fourth-order valence-electron chi connectivity index (χ4n) is 3.25. The number of anilines is 1. The number of hydrogen-bond donors (Lipinski definition) is 0. The summed E-state index contributed by atoms with van der Waals surface area (Å²) in [6.07, 6.45) is 3.55. The Morgan fingerprint density at radius 1 is 1.04 bits per heavy atom. The lowest BCUT2D eigenvalue weighted by Gasteiger charge is -2.36. The number of para-hydroxylation sites is 1. The number of nitriles is 1. The molecule has 1 aliphatic heterocycles. The predicted molar refractivity (Wildman–Crippen MR) is 109 cm³/mol. The summed E-state index contributed by atoms with van der Waals surface area (Å²) in [6, 6.07) is 18.4. The summed E-state index contributed by atoms with van der Waals surface area (Å²) in [5, 5.41) is 9.46. The van der Waals surface area contributed by atoms with Crippen molar-refractivity contribution in [2.45, 2.75) is 6.92 Å². The molecular weight excluding hydrogens is 353 g/mol. The van der Waals surface area contributed by atoms with E-state index in [1.807, 2.05) is 54.3 Å². The van der Waals surface area contributed by atoms with E-state index >= 15 is 0 Å². The van der Waals surface area contributed by atoms with Crippen LogP contribution in [0.4, 0.5) is 10.1 Å². The lowest BCUT2D eigenvalue weighted by Crippen LogP contribution is -2.49. The minimum atomic E-state index is -0.281. The van der Waals surface area contributed by atoms with E-state index in [-0.39, 0.29) is 17.3 Å². The highest BCUT2D eigenvalue weighted by molar-refractivity contribution is 5.98. The van der Waals surface area contributed by atoms with Gasteiger partial charge in [0.1, 0.15) is 17.5 Å². The van der Waals surface area contributed by atoms with Crippen molar-refractivity contribution in [1.82, 2.24) is 4.90 Å². The van der Waals surface area contributed by atoms with Crippen LogP contribution in [0.15, 0.2) is 71.8 Å². The second-order valence-electron chi connectivity index (χ2n) is 6.70. The maximum absolute atomic E-state index is 14.0. The minimum absolute atomic E-state index is 0.115. The second kappa shape index (κ2) is 9.01. The fourth-order valence-corrected chi connectivity index (χ4v) is 3.25. The van der Waals surface area contributed by atoms with Crippen molar-refractivity contribution in [3.8, 4) is 6.07 Å². The topological polar surface area (TPSA) is 47.3 Å². The summed E-state index contributed by atoms with van der Waals surface area (Å²) in [4.78, 5) is 16.3. The van der Waals surface area contributed by atoms with Crippen LogP contribution >= 0.6 is 0 Å². The lowest BCUT2D eigenvalue weighted by molar-refractivity contribution is -0.127. The van der Waals surface area contributed by atoms with Crippen molar-refractivity contribution in [3.05, 3.63) is 83.2 Å². The Hall–Kier alpha value is -3.39. The van der Waals surface area contributed by atoms with Crippen molar-refractivity contribution in [2.24, 2.45) is 0 Å². The molecule has 4 nitrogen and oxygen atoms in total. The molecule has 0 N–H and O–H groups in total. The van der Waals surface area contributed by atoms with E-state index in [0.717, 1.165) is 11.1 Å². The van der Waals surface area contributed by atoms with Crippen molar-refractivity contribution in [1.29, 1.82) is 5.26 Å². The van der Waals surface area contributed by atoms with Gasteiger partial charge in [0.25, 0.3) is 5.91 Å². The average Bonchev–Trinajstić information content (AvgIpc) is 2.73. The molecule has 1 saturated heterocycles. The van der Waals surface area contributed by atoms with Crippen LogP contribution in [0.5, 0.6) is 0 Å². The minimum Gasteiger partial charge on any atom is -0.366 e. The van der Waals surface area contributed by atoms with E-state index in [2.05, 4.69) is 0 Å². The first kappa shape index (κ1) is 19.4. The summed E-state index contributed by atoms with van der Waals surface area (Å²) < 4.78 is 14.0. The van der Waals surface area contributed by atoms with Crippen LogP contribution in [0.3, 0.4) is 0 Å². The molecule has 2 aromatic carbocycles. The number of hydrogen-bond acceptors (Lipinski definition) is 3. The summed E-state index contributed by atoms with van der Waals surface area (Å²) in [5.74, 6) is -0.543. The molecule has 142 valence electrons. The number of piperazine rings is 1. The third-order valence-electron chi connectivity index (χ3n) is 4.68. The van der Waals surface area contributed by atoms with Gasteiger partial charge in [-0.3, -0.25) is 4.79 Å². The average molecular weight is 375 g/mol. The summed E-state index contributed by atoms with van der Waals surface area (Å²) in [7, 11) is 0. The summed E-state index contributed by atoms with van der Waals surface area (Å²) >= 11 is 0. The number of carbonyl (C=O) groups is 1. The standard InChI is InChI=1S/C23H22FN3O/c1-18(15-19-7-3-2-4-8-19)16-20(17-25)23(28)27-13-11-26(12-14-27)22-10-6-5-9-21(22)24/h2-10,15-16H,11-14H2,1H3/b18-15+,20-16+. The van der Waals surface area contributed by atoms with Gasteiger partial charge in [0, 0.05) is 26.2 Å². The summed E-state index contributed by atoms with van der Waals surface area (Å²) in [5.41, 5.74) is 2.51. The largest absolute Gasteiger partial charge is 0.366 e. The number of benzene rings is 2. The van der Waals surface area contributed by atoms with E-state index < -0.39 is 0 Å². The highest BCUT2D eigenvalue weighted by Gasteiger charge is 2.24. The van der Waals surface area contributed by atoms with Crippen LogP contribution in [0, 0.1) is 17.1 Å². The van der Waals surface area contributed by atoms with Crippen LogP contribution in [-0.4, -0.2) is 37.0 Å². The Morgan fingerprint density at radius 3 is 2.32 bits per heavy atom. The molecule has 2 aromatic rings. The number of nitrogens with zero attached hydrogens (tertiary/aromatic N) is 3. The molecule has 1 aliphatic rings. The van der Waals surface area contributed by atoms with Gasteiger partial charge in [-0.15, -0.1) is 0 Å². The van der Waals surface area contributed by atoms with Gasteiger partial charge in [-0.25, -0.2) is 4.39 Å². The van der Waals surface area contributed by atoms with Gasteiger partial charge in [-0.1, -0.05) is 48.5 Å². The smallest absolute Gasteiger partial charge is 0.264 e. The number of allylic oxidation sites excluding steroid dienone is 2. The number of halogens is 1. The van der Waals surface area contributed by atoms with E-state index in [1.165, 1.54) is 6.07 Å². The molecule has 3 rings (SSSR count). The van der Waals surface area contributed by atoms with Crippen LogP contribution < -0.4 is 4.90 Å². The normalized spacial score (nSPS) is 15.3. The Morgan fingerprint density at radius 2 is 1.68 bits per heavy atom. The molecule has 0 saturated carbocycles. The Kier molecular flexibility index (Phi) is 6.23. The van der Waals surface area contributed by atoms with E-state index in [1.54, 1.807) is 29.2 Å². The highest BCUT2D eigenvalue weighted by atomic mass is 19.1. The molecular formula is C23H22FN3O. The fraction of sp³-hybridized carbons (Fsp3) is 0.217. The van der Waals surface area contributed by atoms with Gasteiger partial charge in [0.15, 0.2) is 0 Å². The number of rotatable bonds is 4. The van der Waals surface area contributed by atoms with Gasteiger partial charge in [-0.05, 0) is 36.3 Å². The molecule has 0 radical (unpaired) electrons. The zero-order chi connectivity index (χ0) is 19.9. The Bertz CT molecular complexity index is 936. The molecule has 0 bridgehead atoms. The molecule has 0 spiro atoms. The quantitative estimate of drug-likeness (QED) is 0.461. The second-order valence-corrected chi connectivity index (χ2v) is 6.70. The third kappa shape index (κ3) is 4.66. The molecule has 1 heterocycles. The predicted octanol–water partition coefficient (Wildman–Crippen LogP) is 4.03. The Labute approximate surface area is 164 Å². The van der Waals surface area contributed by atoms with Gasteiger partial charge >= 0.3 is 0 Å². The molecule has 0 unspecified atom stereocenters.